The highest BCUT2D eigenvalue weighted by Gasteiger charge is 2.05. The predicted octanol–water partition coefficient (Wildman–Crippen LogP) is 4.08. The maximum atomic E-state index is 12.5. The van der Waals surface area contributed by atoms with E-state index in [1.165, 1.54) is 0 Å². The van der Waals surface area contributed by atoms with Gasteiger partial charge in [-0.2, -0.15) is 0 Å². The molecule has 0 spiro atoms. The number of fused-ring (bicyclic) bond motifs is 1. The van der Waals surface area contributed by atoms with Crippen molar-refractivity contribution in [1.29, 1.82) is 0 Å². The van der Waals surface area contributed by atoms with Crippen LogP contribution in [0, 0.1) is 0 Å². The van der Waals surface area contributed by atoms with Crippen LogP contribution < -0.4 is 5.56 Å². The zero-order chi connectivity index (χ0) is 17.1. The van der Waals surface area contributed by atoms with E-state index < -0.39 is 0 Å². The van der Waals surface area contributed by atoms with Crippen LogP contribution in [0.15, 0.2) is 70.6 Å². The Morgan fingerprint density at radius 1 is 1.17 bits per heavy atom. The molecule has 0 amide bonds. The van der Waals surface area contributed by atoms with E-state index in [9.17, 15) is 10.0 Å². The van der Waals surface area contributed by atoms with Gasteiger partial charge < -0.3 is 9.77 Å². The van der Waals surface area contributed by atoms with E-state index in [-0.39, 0.29) is 5.56 Å². The molecule has 0 unspecified atom stereocenters. The van der Waals surface area contributed by atoms with E-state index >= 15 is 0 Å². The number of aryl methyl sites for hydroxylation is 1. The molecule has 0 bridgehead atoms. The third-order valence-electron chi connectivity index (χ3n) is 3.83. The lowest BCUT2D eigenvalue weighted by Gasteiger charge is -2.06. The molecule has 0 saturated heterocycles. The molecule has 24 heavy (non-hydrogen) atoms. The van der Waals surface area contributed by atoms with Crippen LogP contribution in [-0.2, 0) is 7.05 Å². The van der Waals surface area contributed by atoms with Crippen LogP contribution in [0.4, 0.5) is 0 Å². The molecule has 1 heterocycles. The zero-order valence-corrected chi connectivity index (χ0v) is 13.7. The maximum Gasteiger partial charge on any atom is 0.258 e. The van der Waals surface area contributed by atoms with Gasteiger partial charge >= 0.3 is 0 Å². The second kappa shape index (κ2) is 6.72. The molecule has 2 aromatic carbocycles. The van der Waals surface area contributed by atoms with Crippen LogP contribution >= 0.6 is 11.6 Å². The Bertz CT molecular complexity index is 1000. The maximum absolute atomic E-state index is 12.5. The Morgan fingerprint density at radius 2 is 1.88 bits per heavy atom. The van der Waals surface area contributed by atoms with Gasteiger partial charge in [0.2, 0.25) is 0 Å². The summed E-state index contributed by atoms with van der Waals surface area (Å²) >= 11 is 5.86. The van der Waals surface area contributed by atoms with E-state index in [1.807, 2.05) is 30.3 Å². The van der Waals surface area contributed by atoms with Crippen LogP contribution in [0.25, 0.3) is 17.0 Å². The standard InChI is InChI=1S/C19H15ClN2O2/c1-22-18-5-3-2-4-14(18)12-15(19(22)23)8-11-17(21-24)13-6-9-16(20)10-7-13/h2-12,24H,1H3/b11-8+,21-17+. The highest BCUT2D eigenvalue weighted by Crippen LogP contribution is 2.14. The molecule has 0 aliphatic rings. The minimum absolute atomic E-state index is 0.113. The molecule has 0 aliphatic carbocycles. The molecular weight excluding hydrogens is 324 g/mol. The number of aromatic nitrogens is 1. The summed E-state index contributed by atoms with van der Waals surface area (Å²) in [5.74, 6) is 0. The summed E-state index contributed by atoms with van der Waals surface area (Å²) in [6.07, 6.45) is 3.26. The third kappa shape index (κ3) is 3.09. The highest BCUT2D eigenvalue weighted by atomic mass is 35.5. The highest BCUT2D eigenvalue weighted by molar-refractivity contribution is 6.30. The molecule has 5 heteroatoms. The number of allylic oxidation sites excluding steroid dienone is 1. The Balaban J connectivity index is 2.02. The van der Waals surface area contributed by atoms with E-state index in [0.29, 0.717) is 21.9 Å². The van der Waals surface area contributed by atoms with Crippen LogP contribution in [0.2, 0.25) is 5.02 Å². The van der Waals surface area contributed by atoms with Gasteiger partial charge in [0.05, 0.1) is 5.52 Å². The molecular formula is C19H15ClN2O2. The molecule has 1 aromatic heterocycles. The fourth-order valence-electron chi connectivity index (χ4n) is 2.54. The Kier molecular flexibility index (Phi) is 4.49. The fourth-order valence-corrected chi connectivity index (χ4v) is 2.67. The zero-order valence-electron chi connectivity index (χ0n) is 13.0. The lowest BCUT2D eigenvalue weighted by molar-refractivity contribution is 0.320. The van der Waals surface area contributed by atoms with E-state index in [4.69, 9.17) is 11.6 Å². The van der Waals surface area contributed by atoms with Gasteiger partial charge in [-0.15, -0.1) is 0 Å². The molecule has 3 rings (SSSR count). The van der Waals surface area contributed by atoms with E-state index in [2.05, 4.69) is 5.16 Å². The summed E-state index contributed by atoms with van der Waals surface area (Å²) in [6.45, 7) is 0. The Hall–Kier alpha value is -2.85. The minimum Gasteiger partial charge on any atom is -0.410 e. The summed E-state index contributed by atoms with van der Waals surface area (Å²) in [7, 11) is 1.74. The average molecular weight is 339 g/mol. The third-order valence-corrected chi connectivity index (χ3v) is 4.08. The first kappa shape index (κ1) is 16.0. The normalized spacial score (nSPS) is 12.2. The molecule has 0 atom stereocenters. The summed E-state index contributed by atoms with van der Waals surface area (Å²) in [6, 6.07) is 16.4. The van der Waals surface area contributed by atoms with Crippen molar-refractivity contribution in [3.05, 3.63) is 87.2 Å². The quantitative estimate of drug-likeness (QED) is 0.444. The van der Waals surface area contributed by atoms with Crippen molar-refractivity contribution >= 4 is 34.3 Å². The Morgan fingerprint density at radius 3 is 2.58 bits per heavy atom. The second-order valence-electron chi connectivity index (χ2n) is 5.35. The lowest BCUT2D eigenvalue weighted by Crippen LogP contribution is -2.19. The van der Waals surface area contributed by atoms with Crippen molar-refractivity contribution in [3.63, 3.8) is 0 Å². The first-order chi connectivity index (χ1) is 11.6. The largest absolute Gasteiger partial charge is 0.410 e. The first-order valence-corrected chi connectivity index (χ1v) is 7.73. The topological polar surface area (TPSA) is 54.6 Å². The van der Waals surface area contributed by atoms with Gasteiger partial charge in [0.15, 0.2) is 0 Å². The number of benzene rings is 2. The minimum atomic E-state index is -0.113. The van der Waals surface area contributed by atoms with Gasteiger partial charge in [-0.25, -0.2) is 0 Å². The van der Waals surface area contributed by atoms with Crippen molar-refractivity contribution in [3.8, 4) is 0 Å². The van der Waals surface area contributed by atoms with E-state index in [0.717, 1.165) is 10.9 Å². The van der Waals surface area contributed by atoms with Gasteiger partial charge in [0.1, 0.15) is 5.71 Å². The number of para-hydroxylation sites is 1. The monoisotopic (exact) mass is 338 g/mol. The van der Waals surface area contributed by atoms with Gasteiger partial charge in [-0.1, -0.05) is 47.1 Å². The van der Waals surface area contributed by atoms with Crippen molar-refractivity contribution in [2.45, 2.75) is 0 Å². The summed E-state index contributed by atoms with van der Waals surface area (Å²) in [4.78, 5) is 12.5. The molecule has 120 valence electrons. The van der Waals surface area contributed by atoms with Gasteiger partial charge in [-0.05, 0) is 41.8 Å². The first-order valence-electron chi connectivity index (χ1n) is 7.35. The predicted molar refractivity (Wildman–Crippen MR) is 98.0 cm³/mol. The van der Waals surface area contributed by atoms with Crippen LogP contribution in [0.5, 0.6) is 0 Å². The molecule has 1 N–H and O–H groups in total. The summed E-state index contributed by atoms with van der Waals surface area (Å²) in [5.41, 5.74) is 2.33. The summed E-state index contributed by atoms with van der Waals surface area (Å²) < 4.78 is 1.60. The molecule has 0 saturated carbocycles. The van der Waals surface area contributed by atoms with Crippen LogP contribution in [0.1, 0.15) is 11.1 Å². The Labute approximate surface area is 143 Å². The van der Waals surface area contributed by atoms with Crippen molar-refractivity contribution in [2.24, 2.45) is 12.2 Å². The molecule has 0 aliphatic heterocycles. The smallest absolute Gasteiger partial charge is 0.258 e. The van der Waals surface area contributed by atoms with Crippen LogP contribution in [-0.4, -0.2) is 15.5 Å². The number of rotatable bonds is 3. The number of pyridine rings is 1. The number of hydrogen-bond acceptors (Lipinski definition) is 3. The molecule has 0 radical (unpaired) electrons. The van der Waals surface area contributed by atoms with Crippen molar-refractivity contribution in [1.82, 2.24) is 4.57 Å². The second-order valence-corrected chi connectivity index (χ2v) is 5.78. The number of hydrogen-bond donors (Lipinski definition) is 1. The SMILES string of the molecule is Cn1c(=O)c(/C=C/C(=N\O)c2ccc(Cl)cc2)cc2ccccc21. The van der Waals surface area contributed by atoms with Crippen LogP contribution in [0.3, 0.4) is 0 Å². The van der Waals surface area contributed by atoms with Gasteiger partial charge in [0, 0.05) is 23.2 Å². The number of nitrogens with zero attached hydrogens (tertiary/aromatic N) is 2. The van der Waals surface area contributed by atoms with Crippen molar-refractivity contribution < 1.29 is 5.21 Å². The fraction of sp³-hybridized carbons (Fsp3) is 0.0526. The van der Waals surface area contributed by atoms with E-state index in [1.54, 1.807) is 48.0 Å². The van der Waals surface area contributed by atoms with Crippen molar-refractivity contribution in [2.75, 3.05) is 0 Å². The summed E-state index contributed by atoms with van der Waals surface area (Å²) in [5, 5.41) is 14.1. The molecule has 0 fully saturated rings. The van der Waals surface area contributed by atoms with Gasteiger partial charge in [0.25, 0.3) is 5.56 Å². The lowest BCUT2D eigenvalue weighted by atomic mass is 10.1. The number of halogens is 1. The number of oxime groups is 1. The van der Waals surface area contributed by atoms with Gasteiger partial charge in [-0.3, -0.25) is 4.79 Å². The average Bonchev–Trinajstić information content (AvgIpc) is 2.61. The molecule has 3 aromatic rings. The molecule has 4 nitrogen and oxygen atoms in total.